The third-order valence-corrected chi connectivity index (χ3v) is 6.47. The first-order chi connectivity index (χ1) is 15.0. The predicted octanol–water partition coefficient (Wildman–Crippen LogP) is 3.64. The van der Waals surface area contributed by atoms with Crippen molar-refractivity contribution < 1.29 is 9.90 Å². The molecular weight excluding hydrogens is 412 g/mol. The van der Waals surface area contributed by atoms with Gasteiger partial charge in [-0.05, 0) is 62.0 Å². The maximum Gasteiger partial charge on any atom is 0.335 e. The van der Waals surface area contributed by atoms with E-state index in [9.17, 15) is 9.59 Å². The van der Waals surface area contributed by atoms with Crippen LogP contribution in [-0.4, -0.2) is 36.9 Å². The molecule has 3 heterocycles. The Morgan fingerprint density at radius 2 is 1.84 bits per heavy atom. The van der Waals surface area contributed by atoms with Crippen molar-refractivity contribution in [2.24, 2.45) is 11.8 Å². The smallest absolute Gasteiger partial charge is 0.335 e. The van der Waals surface area contributed by atoms with Gasteiger partial charge in [-0.1, -0.05) is 0 Å². The van der Waals surface area contributed by atoms with Crippen molar-refractivity contribution in [1.29, 1.82) is 0 Å². The molecule has 2 atom stereocenters. The largest absolute Gasteiger partial charge is 0.478 e. The summed E-state index contributed by atoms with van der Waals surface area (Å²) < 4.78 is 1.40. The first kappa shape index (κ1) is 21.2. The van der Waals surface area contributed by atoms with Crippen LogP contribution in [0, 0.1) is 11.8 Å². The van der Waals surface area contributed by atoms with Crippen molar-refractivity contribution in [3.63, 3.8) is 0 Å². The number of carboxylic acids is 1. The lowest BCUT2D eigenvalue weighted by molar-refractivity contribution is 0.0696. The zero-order valence-corrected chi connectivity index (χ0v) is 18.1. The summed E-state index contributed by atoms with van der Waals surface area (Å²) in [5, 5.41) is 9.00. The molecule has 31 heavy (non-hydrogen) atoms. The van der Waals surface area contributed by atoms with E-state index in [2.05, 4.69) is 15.0 Å². The van der Waals surface area contributed by atoms with Gasteiger partial charge in [0.1, 0.15) is 5.82 Å². The fraction of sp³-hybridized carbons (Fsp3) is 0.348. The molecule has 1 saturated carbocycles. The van der Waals surface area contributed by atoms with Gasteiger partial charge in [0.2, 0.25) is 0 Å². The fourth-order valence-electron chi connectivity index (χ4n) is 4.16. The second-order valence-corrected chi connectivity index (χ2v) is 8.81. The first-order valence-corrected chi connectivity index (χ1v) is 11.5. The van der Waals surface area contributed by atoms with Gasteiger partial charge in [-0.25, -0.2) is 14.8 Å². The minimum atomic E-state index is -1.11. The number of carboxylic acid groups (broad SMARTS) is 1. The molecule has 7 nitrogen and oxygen atoms in total. The second-order valence-electron chi connectivity index (χ2n) is 7.93. The number of aromatic carboxylic acids is 1. The Morgan fingerprint density at radius 3 is 2.45 bits per heavy atom. The lowest BCUT2D eigenvalue weighted by Gasteiger charge is -2.12. The van der Waals surface area contributed by atoms with Crippen molar-refractivity contribution in [3.05, 3.63) is 76.5 Å². The van der Waals surface area contributed by atoms with Crippen molar-refractivity contribution >= 4 is 17.7 Å². The molecule has 0 aliphatic heterocycles. The van der Waals surface area contributed by atoms with Crippen molar-refractivity contribution in [2.75, 3.05) is 6.26 Å². The van der Waals surface area contributed by atoms with Crippen molar-refractivity contribution in [3.8, 4) is 5.69 Å². The minimum Gasteiger partial charge on any atom is -0.478 e. The average Bonchev–Trinajstić information content (AvgIpc) is 3.21. The molecule has 1 aliphatic rings. The first-order valence-electron chi connectivity index (χ1n) is 10.3. The molecule has 0 aromatic carbocycles. The highest BCUT2D eigenvalue weighted by Gasteiger charge is 2.26. The maximum atomic E-state index is 12.2. The van der Waals surface area contributed by atoms with Gasteiger partial charge in [-0.15, -0.1) is 11.8 Å². The van der Waals surface area contributed by atoms with E-state index in [1.165, 1.54) is 29.7 Å². The Hall–Kier alpha value is -3.00. The molecule has 0 spiro atoms. The van der Waals surface area contributed by atoms with Gasteiger partial charge >= 0.3 is 5.97 Å². The summed E-state index contributed by atoms with van der Waals surface area (Å²) >= 11 is 1.65. The van der Waals surface area contributed by atoms with Crippen LogP contribution in [0.2, 0.25) is 0 Å². The molecule has 1 aliphatic carbocycles. The molecule has 8 heteroatoms. The van der Waals surface area contributed by atoms with Crippen LogP contribution in [0.1, 0.15) is 41.1 Å². The summed E-state index contributed by atoms with van der Waals surface area (Å²) in [6.07, 6.45) is 14.3. The van der Waals surface area contributed by atoms with E-state index in [-0.39, 0.29) is 11.1 Å². The monoisotopic (exact) mass is 436 g/mol. The molecule has 1 fully saturated rings. The lowest BCUT2D eigenvalue weighted by atomic mass is 9.97. The number of hydrogen-bond acceptors (Lipinski definition) is 6. The van der Waals surface area contributed by atoms with Gasteiger partial charge in [-0.3, -0.25) is 14.3 Å². The highest BCUT2D eigenvalue weighted by Crippen LogP contribution is 2.34. The summed E-state index contributed by atoms with van der Waals surface area (Å²) in [6, 6.07) is 6.34. The SMILES string of the molecule is CSc1cnc(C[C@H]2CC[C@H](Cc3ccc(-n4ccc(C(=O)O)cc4=O)cn3)C2)nc1. The van der Waals surface area contributed by atoms with Crippen LogP contribution < -0.4 is 5.56 Å². The number of nitrogens with zero attached hydrogens (tertiary/aromatic N) is 4. The molecule has 0 radical (unpaired) electrons. The Bertz CT molecular complexity index is 1110. The highest BCUT2D eigenvalue weighted by atomic mass is 32.2. The van der Waals surface area contributed by atoms with E-state index in [0.717, 1.165) is 41.7 Å². The number of rotatable bonds is 7. The molecule has 1 N–H and O–H groups in total. The summed E-state index contributed by atoms with van der Waals surface area (Å²) in [5.74, 6) is 1.00. The molecule has 0 amide bonds. The van der Waals surface area contributed by atoms with Gasteiger partial charge in [0, 0.05) is 41.7 Å². The topological polar surface area (TPSA) is 98.0 Å². The van der Waals surface area contributed by atoms with Gasteiger partial charge in [0.25, 0.3) is 5.56 Å². The zero-order valence-electron chi connectivity index (χ0n) is 17.3. The molecular formula is C23H24N4O3S. The third kappa shape index (κ3) is 5.19. The Morgan fingerprint density at radius 1 is 1.10 bits per heavy atom. The Kier molecular flexibility index (Phi) is 6.46. The quantitative estimate of drug-likeness (QED) is 0.565. The van der Waals surface area contributed by atoms with Crippen LogP contribution in [-0.2, 0) is 12.8 Å². The van der Waals surface area contributed by atoms with Crippen LogP contribution in [0.4, 0.5) is 0 Å². The van der Waals surface area contributed by atoms with E-state index < -0.39 is 5.97 Å². The average molecular weight is 437 g/mol. The van der Waals surface area contributed by atoms with E-state index in [0.29, 0.717) is 17.5 Å². The van der Waals surface area contributed by atoms with Crippen LogP contribution in [0.25, 0.3) is 5.69 Å². The summed E-state index contributed by atoms with van der Waals surface area (Å²) in [5.41, 5.74) is 1.22. The number of hydrogen-bond donors (Lipinski definition) is 1. The number of carbonyl (C=O) groups is 1. The summed E-state index contributed by atoms with van der Waals surface area (Å²) in [6.45, 7) is 0. The standard InChI is InChI=1S/C23H24N4O3S/c1-31-20-13-25-21(26-14-20)10-16-3-2-15(8-16)9-18-4-5-19(12-24-18)27-7-6-17(23(29)30)11-22(27)28/h4-7,11-16H,2-3,8-10H2,1H3,(H,29,30)/t15-,16-/m0/s1. The number of aromatic nitrogens is 4. The van der Waals surface area contributed by atoms with Gasteiger partial charge in [0.05, 0.1) is 17.4 Å². The van der Waals surface area contributed by atoms with E-state index in [4.69, 9.17) is 5.11 Å². The Labute approximate surface area is 184 Å². The molecule has 160 valence electrons. The normalized spacial score (nSPS) is 18.2. The summed E-state index contributed by atoms with van der Waals surface area (Å²) in [4.78, 5) is 37.8. The zero-order chi connectivity index (χ0) is 21.8. The molecule has 3 aromatic rings. The summed E-state index contributed by atoms with van der Waals surface area (Å²) in [7, 11) is 0. The fourth-order valence-corrected chi connectivity index (χ4v) is 4.48. The third-order valence-electron chi connectivity index (χ3n) is 5.79. The van der Waals surface area contributed by atoms with Crippen LogP contribution >= 0.6 is 11.8 Å². The molecule has 0 unspecified atom stereocenters. The number of thioether (sulfide) groups is 1. The minimum absolute atomic E-state index is 0.0211. The lowest BCUT2D eigenvalue weighted by Crippen LogP contribution is -2.18. The molecule has 4 rings (SSSR count). The van der Waals surface area contributed by atoms with Gasteiger partial charge < -0.3 is 5.11 Å². The molecule has 0 bridgehead atoms. The highest BCUT2D eigenvalue weighted by molar-refractivity contribution is 7.98. The maximum absolute atomic E-state index is 12.2. The Balaban J connectivity index is 1.35. The molecule has 0 saturated heterocycles. The predicted molar refractivity (Wildman–Crippen MR) is 119 cm³/mol. The number of pyridine rings is 2. The van der Waals surface area contributed by atoms with E-state index in [1.54, 1.807) is 18.0 Å². The molecule has 3 aromatic heterocycles. The van der Waals surface area contributed by atoms with Crippen molar-refractivity contribution in [1.82, 2.24) is 19.5 Å². The van der Waals surface area contributed by atoms with Crippen LogP contribution in [0.15, 0.2) is 58.7 Å². The van der Waals surface area contributed by atoms with E-state index >= 15 is 0 Å². The van der Waals surface area contributed by atoms with Gasteiger partial charge in [-0.2, -0.15) is 0 Å². The second kappa shape index (κ2) is 9.43. The van der Waals surface area contributed by atoms with Gasteiger partial charge in [0.15, 0.2) is 0 Å². The van der Waals surface area contributed by atoms with Crippen LogP contribution in [0.3, 0.4) is 0 Å². The van der Waals surface area contributed by atoms with E-state index in [1.807, 2.05) is 30.8 Å². The van der Waals surface area contributed by atoms with Crippen molar-refractivity contribution in [2.45, 2.75) is 37.0 Å². The van der Waals surface area contributed by atoms with Crippen LogP contribution in [0.5, 0.6) is 0 Å².